The number of carbonyl (C=O) groups is 1. The molecule has 9 heteroatoms. The molecule has 148 valence electrons. The van der Waals surface area contributed by atoms with Crippen LogP contribution in [0.3, 0.4) is 0 Å². The predicted molar refractivity (Wildman–Crippen MR) is 106 cm³/mol. The predicted octanol–water partition coefficient (Wildman–Crippen LogP) is 2.65. The van der Waals surface area contributed by atoms with Gasteiger partial charge in [-0.1, -0.05) is 42.1 Å². The molecule has 0 radical (unpaired) electrons. The minimum atomic E-state index is 0.265. The van der Waals surface area contributed by atoms with Crippen molar-refractivity contribution < 1.29 is 19.0 Å². The minimum Gasteiger partial charge on any atom is -0.476 e. The van der Waals surface area contributed by atoms with Crippen LogP contribution in [0.25, 0.3) is 11.0 Å². The number of hydrogen-bond acceptors (Lipinski definition) is 8. The van der Waals surface area contributed by atoms with Gasteiger partial charge in [0.05, 0.1) is 25.6 Å². The van der Waals surface area contributed by atoms with Crippen LogP contribution in [0, 0.1) is 0 Å². The van der Waals surface area contributed by atoms with Crippen molar-refractivity contribution >= 4 is 29.1 Å². The molecule has 0 N–H and O–H groups in total. The number of nitrogens with zero attached hydrogens (tertiary/aromatic N) is 4. The van der Waals surface area contributed by atoms with Crippen molar-refractivity contribution in [2.75, 3.05) is 25.6 Å². The molecule has 0 aliphatic carbocycles. The maximum absolute atomic E-state index is 10.7. The largest absolute Gasteiger partial charge is 0.476 e. The van der Waals surface area contributed by atoms with Crippen LogP contribution in [0.15, 0.2) is 35.5 Å². The first-order chi connectivity index (χ1) is 13.7. The molecule has 0 fully saturated rings. The summed E-state index contributed by atoms with van der Waals surface area (Å²) in [6.45, 7) is 3.63. The summed E-state index contributed by atoms with van der Waals surface area (Å²) in [5.74, 6) is 1.15. The molecule has 3 aromatic rings. The second kappa shape index (κ2) is 10.0. The molecule has 2 aromatic heterocycles. The molecule has 0 aliphatic heterocycles. The van der Waals surface area contributed by atoms with Gasteiger partial charge < -0.3 is 19.0 Å². The minimum absolute atomic E-state index is 0.265. The van der Waals surface area contributed by atoms with E-state index in [0.29, 0.717) is 54.4 Å². The maximum atomic E-state index is 10.7. The summed E-state index contributed by atoms with van der Waals surface area (Å²) < 4.78 is 18.7. The average molecular weight is 402 g/mol. The number of thioether (sulfide) groups is 1. The molecule has 28 heavy (non-hydrogen) atoms. The topological polar surface area (TPSA) is 88.4 Å². The molecule has 0 unspecified atom stereocenters. The van der Waals surface area contributed by atoms with Crippen molar-refractivity contribution in [2.45, 2.75) is 18.7 Å². The lowest BCUT2D eigenvalue weighted by Crippen LogP contribution is -2.09. The third-order valence-corrected chi connectivity index (χ3v) is 4.46. The van der Waals surface area contributed by atoms with Crippen molar-refractivity contribution in [1.29, 1.82) is 0 Å². The Morgan fingerprint density at radius 1 is 1.11 bits per heavy atom. The lowest BCUT2D eigenvalue weighted by Gasteiger charge is -2.08. The van der Waals surface area contributed by atoms with Crippen LogP contribution >= 0.6 is 11.8 Å². The fourth-order valence-corrected chi connectivity index (χ4v) is 3.06. The second-order valence-corrected chi connectivity index (χ2v) is 6.72. The van der Waals surface area contributed by atoms with Gasteiger partial charge in [0.25, 0.3) is 0 Å². The first-order valence-corrected chi connectivity index (χ1v) is 9.90. The molecule has 0 saturated carbocycles. The van der Waals surface area contributed by atoms with Crippen molar-refractivity contribution in [1.82, 2.24) is 19.7 Å². The van der Waals surface area contributed by atoms with Gasteiger partial charge in [-0.3, -0.25) is 0 Å². The van der Waals surface area contributed by atoms with E-state index in [2.05, 4.69) is 15.1 Å². The molecule has 1 aromatic carbocycles. The summed E-state index contributed by atoms with van der Waals surface area (Å²) >= 11 is 1.24. The zero-order valence-corrected chi connectivity index (χ0v) is 16.6. The highest BCUT2D eigenvalue weighted by molar-refractivity contribution is 7.99. The number of benzene rings is 1. The van der Waals surface area contributed by atoms with Gasteiger partial charge in [0.15, 0.2) is 16.2 Å². The van der Waals surface area contributed by atoms with E-state index in [0.717, 1.165) is 11.8 Å². The Balaban J connectivity index is 1.69. The van der Waals surface area contributed by atoms with Crippen molar-refractivity contribution in [3.05, 3.63) is 35.9 Å². The molecule has 2 heterocycles. The molecular weight excluding hydrogens is 380 g/mol. The van der Waals surface area contributed by atoms with E-state index in [1.165, 1.54) is 11.8 Å². The Bertz CT molecular complexity index is 917. The van der Waals surface area contributed by atoms with E-state index in [-0.39, 0.29) is 5.75 Å². The molecule has 0 spiro atoms. The Hall–Kier alpha value is -2.65. The van der Waals surface area contributed by atoms with Crippen molar-refractivity contribution in [2.24, 2.45) is 7.05 Å². The van der Waals surface area contributed by atoms with Gasteiger partial charge in [0.1, 0.15) is 12.9 Å². The van der Waals surface area contributed by atoms with Crippen molar-refractivity contribution in [3.8, 4) is 11.8 Å². The number of aldehydes is 1. The van der Waals surface area contributed by atoms with Crippen LogP contribution in [-0.4, -0.2) is 51.6 Å². The summed E-state index contributed by atoms with van der Waals surface area (Å²) in [4.78, 5) is 19.5. The smallest absolute Gasteiger partial charge is 0.246 e. The molecule has 0 aliphatic rings. The summed E-state index contributed by atoms with van der Waals surface area (Å²) in [7, 11) is 1.77. The fourth-order valence-electron chi connectivity index (χ4n) is 2.54. The van der Waals surface area contributed by atoms with E-state index in [1.807, 2.05) is 37.3 Å². The van der Waals surface area contributed by atoms with E-state index in [1.54, 1.807) is 11.7 Å². The molecule has 0 atom stereocenters. The fraction of sp³-hybridized carbons (Fsp3) is 0.368. The highest BCUT2D eigenvalue weighted by atomic mass is 32.2. The van der Waals surface area contributed by atoms with E-state index < -0.39 is 0 Å². The van der Waals surface area contributed by atoms with Gasteiger partial charge >= 0.3 is 0 Å². The van der Waals surface area contributed by atoms with Crippen LogP contribution < -0.4 is 9.47 Å². The zero-order valence-electron chi connectivity index (χ0n) is 15.8. The first-order valence-electron chi connectivity index (χ1n) is 8.91. The first kappa shape index (κ1) is 20.1. The summed E-state index contributed by atoms with van der Waals surface area (Å²) in [6.07, 6.45) is 0.809. The number of carbonyl (C=O) groups excluding carboxylic acids is 1. The van der Waals surface area contributed by atoms with Crippen LogP contribution in [0.5, 0.6) is 11.8 Å². The monoisotopic (exact) mass is 402 g/mol. The SMILES string of the molecule is CCOc1nc(SCC=O)nc2c(OCCOCc3ccccc3)n(C)nc12. The number of fused-ring (bicyclic) bond motifs is 1. The molecule has 3 rings (SSSR count). The number of rotatable bonds is 11. The van der Waals surface area contributed by atoms with Gasteiger partial charge in [-0.05, 0) is 12.5 Å². The van der Waals surface area contributed by atoms with Gasteiger partial charge in [-0.15, -0.1) is 0 Å². The van der Waals surface area contributed by atoms with Gasteiger partial charge in [-0.25, -0.2) is 9.67 Å². The zero-order chi connectivity index (χ0) is 19.8. The third kappa shape index (κ3) is 4.99. The molecule has 0 saturated heterocycles. The molecule has 8 nitrogen and oxygen atoms in total. The number of ether oxygens (including phenoxy) is 3. The average Bonchev–Trinajstić information content (AvgIpc) is 3.03. The van der Waals surface area contributed by atoms with Crippen molar-refractivity contribution in [3.63, 3.8) is 0 Å². The molecule has 0 amide bonds. The van der Waals surface area contributed by atoms with Gasteiger partial charge in [0.2, 0.25) is 11.8 Å². The standard InChI is InChI=1S/C19H22N4O4S/c1-3-26-17-15-16(20-19(21-17)28-12-9-24)18(23(2)22-15)27-11-10-25-13-14-7-5-4-6-8-14/h4-9H,3,10-13H2,1-2H3. The molecule has 0 bridgehead atoms. The Kier molecular flexibility index (Phi) is 7.21. The van der Waals surface area contributed by atoms with Gasteiger partial charge in [0, 0.05) is 7.05 Å². The second-order valence-electron chi connectivity index (χ2n) is 5.73. The number of hydrogen-bond donors (Lipinski definition) is 0. The summed E-state index contributed by atoms with van der Waals surface area (Å²) in [5.41, 5.74) is 2.19. The van der Waals surface area contributed by atoms with E-state index in [4.69, 9.17) is 14.2 Å². The lowest BCUT2D eigenvalue weighted by molar-refractivity contribution is -0.105. The van der Waals surface area contributed by atoms with Gasteiger partial charge in [-0.2, -0.15) is 10.1 Å². The molecular formula is C19H22N4O4S. The number of aryl methyl sites for hydroxylation is 1. The maximum Gasteiger partial charge on any atom is 0.246 e. The quantitative estimate of drug-likeness (QED) is 0.209. The summed E-state index contributed by atoms with van der Waals surface area (Å²) in [5, 5.41) is 4.87. The Labute approximate surface area is 167 Å². The van der Waals surface area contributed by atoms with E-state index in [9.17, 15) is 4.79 Å². The highest BCUT2D eigenvalue weighted by Crippen LogP contribution is 2.31. The number of aromatic nitrogens is 4. The highest BCUT2D eigenvalue weighted by Gasteiger charge is 2.19. The third-order valence-electron chi connectivity index (χ3n) is 3.72. The summed E-state index contributed by atoms with van der Waals surface area (Å²) in [6, 6.07) is 9.96. The Morgan fingerprint density at radius 2 is 1.93 bits per heavy atom. The van der Waals surface area contributed by atoms with Crippen LogP contribution in [0.1, 0.15) is 12.5 Å². The Morgan fingerprint density at radius 3 is 2.68 bits per heavy atom. The van der Waals surface area contributed by atoms with Crippen LogP contribution in [0.4, 0.5) is 0 Å². The van der Waals surface area contributed by atoms with Crippen LogP contribution in [0.2, 0.25) is 0 Å². The lowest BCUT2D eigenvalue weighted by atomic mass is 10.2. The van der Waals surface area contributed by atoms with E-state index >= 15 is 0 Å². The van der Waals surface area contributed by atoms with Crippen LogP contribution in [-0.2, 0) is 23.2 Å². The normalized spacial score (nSPS) is 10.9.